The summed E-state index contributed by atoms with van der Waals surface area (Å²) in [6, 6.07) is 7.80. The fourth-order valence-corrected chi connectivity index (χ4v) is 2.42. The molecule has 0 aliphatic rings. The quantitative estimate of drug-likeness (QED) is 0.795. The van der Waals surface area contributed by atoms with Crippen LogP contribution in [-0.2, 0) is 17.8 Å². The van der Waals surface area contributed by atoms with Gasteiger partial charge in [0, 0.05) is 18.2 Å². The Labute approximate surface area is 122 Å². The third-order valence-electron chi connectivity index (χ3n) is 2.78. The van der Waals surface area contributed by atoms with Gasteiger partial charge in [-0.25, -0.2) is 9.97 Å². The van der Waals surface area contributed by atoms with Gasteiger partial charge in [-0.3, -0.25) is 0 Å². The molecular formula is C14H14Cl2N2O. The maximum Gasteiger partial charge on any atom is 0.162 e. The van der Waals surface area contributed by atoms with E-state index in [1.807, 2.05) is 31.2 Å². The lowest BCUT2D eigenvalue weighted by molar-refractivity contribution is 0.185. The van der Waals surface area contributed by atoms with E-state index in [0.29, 0.717) is 29.2 Å². The van der Waals surface area contributed by atoms with E-state index in [9.17, 15) is 0 Å². The van der Waals surface area contributed by atoms with Gasteiger partial charge in [0.1, 0.15) is 10.3 Å². The third-order valence-corrected chi connectivity index (χ3v) is 3.41. The number of ether oxygens (including phenoxy) is 1. The highest BCUT2D eigenvalue weighted by molar-refractivity contribution is 6.34. The molecule has 0 amide bonds. The number of hydrogen-bond acceptors (Lipinski definition) is 3. The van der Waals surface area contributed by atoms with Crippen molar-refractivity contribution in [3.05, 3.63) is 45.7 Å². The molecule has 0 saturated heterocycles. The van der Waals surface area contributed by atoms with Gasteiger partial charge in [-0.1, -0.05) is 54.4 Å². The molecule has 19 heavy (non-hydrogen) atoms. The van der Waals surface area contributed by atoms with Crippen molar-refractivity contribution in [1.82, 2.24) is 9.97 Å². The number of benzene rings is 1. The molecule has 0 aliphatic carbocycles. The van der Waals surface area contributed by atoms with Gasteiger partial charge in [0.25, 0.3) is 0 Å². The molecule has 0 aliphatic heterocycles. The Morgan fingerprint density at radius 3 is 2.11 bits per heavy atom. The predicted molar refractivity (Wildman–Crippen MR) is 77.6 cm³/mol. The maximum atomic E-state index is 6.11. The highest BCUT2D eigenvalue weighted by atomic mass is 35.5. The molecule has 5 heteroatoms. The molecular weight excluding hydrogens is 283 g/mol. The van der Waals surface area contributed by atoms with Crippen LogP contribution in [0.2, 0.25) is 10.3 Å². The van der Waals surface area contributed by atoms with Crippen LogP contribution in [0.5, 0.6) is 0 Å². The second-order valence-corrected chi connectivity index (χ2v) is 4.81. The Hall–Kier alpha value is -1.16. The zero-order chi connectivity index (χ0) is 13.8. The van der Waals surface area contributed by atoms with Gasteiger partial charge < -0.3 is 4.74 Å². The highest BCUT2D eigenvalue weighted by Crippen LogP contribution is 2.26. The molecule has 3 nitrogen and oxygen atoms in total. The zero-order valence-electron chi connectivity index (χ0n) is 10.8. The zero-order valence-corrected chi connectivity index (χ0v) is 12.3. The van der Waals surface area contributed by atoms with Gasteiger partial charge >= 0.3 is 0 Å². The molecule has 2 aromatic rings. The molecule has 1 aromatic carbocycles. The van der Waals surface area contributed by atoms with E-state index in [-0.39, 0.29) is 0 Å². The van der Waals surface area contributed by atoms with Crippen LogP contribution in [0.25, 0.3) is 11.4 Å². The minimum absolute atomic E-state index is 0.415. The minimum Gasteiger partial charge on any atom is -0.380 e. The average Bonchev–Trinajstić information content (AvgIpc) is 2.39. The van der Waals surface area contributed by atoms with Crippen LogP contribution in [-0.4, -0.2) is 17.1 Å². The average molecular weight is 297 g/mol. The first-order chi connectivity index (χ1) is 9.15. The van der Waals surface area contributed by atoms with Gasteiger partial charge in [-0.2, -0.15) is 0 Å². The number of halogens is 2. The highest BCUT2D eigenvalue weighted by Gasteiger charge is 2.11. The summed E-state index contributed by atoms with van der Waals surface area (Å²) in [5.74, 6) is 0.538. The van der Waals surface area contributed by atoms with E-state index in [1.54, 1.807) is 7.11 Å². The van der Waals surface area contributed by atoms with Gasteiger partial charge in [0.15, 0.2) is 5.82 Å². The molecule has 0 saturated carbocycles. The summed E-state index contributed by atoms with van der Waals surface area (Å²) in [5, 5.41) is 0.830. The Morgan fingerprint density at radius 2 is 1.63 bits per heavy atom. The van der Waals surface area contributed by atoms with Crippen molar-refractivity contribution in [3.63, 3.8) is 0 Å². The molecule has 2 rings (SSSR count). The van der Waals surface area contributed by atoms with Crippen molar-refractivity contribution < 1.29 is 4.74 Å². The Kier molecular flexibility index (Phi) is 4.75. The smallest absolute Gasteiger partial charge is 0.162 e. The monoisotopic (exact) mass is 296 g/mol. The van der Waals surface area contributed by atoms with Crippen LogP contribution in [0.15, 0.2) is 24.3 Å². The summed E-state index contributed by atoms with van der Waals surface area (Å²) in [6.45, 7) is 2.55. The van der Waals surface area contributed by atoms with Crippen LogP contribution in [0.3, 0.4) is 0 Å². The van der Waals surface area contributed by atoms with Crippen LogP contribution < -0.4 is 0 Å². The molecule has 0 fully saturated rings. The first-order valence-electron chi connectivity index (χ1n) is 5.95. The molecule has 0 radical (unpaired) electrons. The largest absolute Gasteiger partial charge is 0.380 e. The van der Waals surface area contributed by atoms with Crippen molar-refractivity contribution in [2.75, 3.05) is 7.11 Å². The van der Waals surface area contributed by atoms with Crippen LogP contribution in [0.4, 0.5) is 0 Å². The van der Waals surface area contributed by atoms with E-state index in [1.165, 1.54) is 0 Å². The fraction of sp³-hybridized carbons (Fsp3) is 0.286. The number of aromatic nitrogens is 2. The molecule has 0 spiro atoms. The van der Waals surface area contributed by atoms with Crippen LogP contribution >= 0.6 is 23.2 Å². The van der Waals surface area contributed by atoms with Crippen molar-refractivity contribution in [3.8, 4) is 11.4 Å². The lowest BCUT2D eigenvalue weighted by atomic mass is 10.1. The lowest BCUT2D eigenvalue weighted by Crippen LogP contribution is -1.97. The molecule has 0 N–H and O–H groups in total. The lowest BCUT2D eigenvalue weighted by Gasteiger charge is -2.07. The SMILES string of the molecule is CCc1c(Cl)nc(-c2ccc(COC)cc2)nc1Cl. The first-order valence-corrected chi connectivity index (χ1v) is 6.71. The molecule has 0 unspecified atom stereocenters. The first kappa shape index (κ1) is 14.3. The summed E-state index contributed by atoms with van der Waals surface area (Å²) in [7, 11) is 1.67. The predicted octanol–water partition coefficient (Wildman–Crippen LogP) is 4.16. The number of nitrogens with zero attached hydrogens (tertiary/aromatic N) is 2. The maximum absolute atomic E-state index is 6.11. The van der Waals surface area contributed by atoms with Crippen LogP contribution in [0, 0.1) is 0 Å². The molecule has 1 heterocycles. The van der Waals surface area contributed by atoms with Crippen molar-refractivity contribution >= 4 is 23.2 Å². The van der Waals surface area contributed by atoms with Crippen molar-refractivity contribution in [2.24, 2.45) is 0 Å². The number of rotatable bonds is 4. The second kappa shape index (κ2) is 6.33. The van der Waals surface area contributed by atoms with E-state index in [0.717, 1.165) is 16.7 Å². The molecule has 1 aromatic heterocycles. The standard InChI is InChI=1S/C14H14Cl2N2O/c1-3-11-12(15)17-14(18-13(11)16)10-6-4-9(5-7-10)8-19-2/h4-7H,3,8H2,1-2H3. The summed E-state index contributed by atoms with van der Waals surface area (Å²) in [5.41, 5.74) is 2.75. The van der Waals surface area contributed by atoms with E-state index >= 15 is 0 Å². The summed E-state index contributed by atoms with van der Waals surface area (Å²) >= 11 is 12.2. The number of methoxy groups -OCH3 is 1. The minimum atomic E-state index is 0.415. The van der Waals surface area contributed by atoms with Gasteiger partial charge in [0.05, 0.1) is 6.61 Å². The summed E-state index contributed by atoms with van der Waals surface area (Å²) < 4.78 is 5.07. The Bertz CT molecular complexity index is 547. The third kappa shape index (κ3) is 3.24. The Balaban J connectivity index is 2.36. The van der Waals surface area contributed by atoms with E-state index in [4.69, 9.17) is 27.9 Å². The van der Waals surface area contributed by atoms with Gasteiger partial charge in [0.2, 0.25) is 0 Å². The van der Waals surface area contributed by atoms with E-state index < -0.39 is 0 Å². The molecule has 100 valence electrons. The van der Waals surface area contributed by atoms with E-state index in [2.05, 4.69) is 9.97 Å². The summed E-state index contributed by atoms with van der Waals surface area (Å²) in [6.07, 6.45) is 0.713. The van der Waals surface area contributed by atoms with Gasteiger partial charge in [-0.15, -0.1) is 0 Å². The Morgan fingerprint density at radius 1 is 1.05 bits per heavy atom. The molecule has 0 bridgehead atoms. The fourth-order valence-electron chi connectivity index (χ4n) is 1.77. The van der Waals surface area contributed by atoms with Crippen molar-refractivity contribution in [2.45, 2.75) is 20.0 Å². The topological polar surface area (TPSA) is 35.0 Å². The van der Waals surface area contributed by atoms with Crippen LogP contribution in [0.1, 0.15) is 18.1 Å². The normalized spacial score (nSPS) is 10.7. The van der Waals surface area contributed by atoms with Crippen molar-refractivity contribution in [1.29, 1.82) is 0 Å². The molecule has 0 atom stereocenters. The summed E-state index contributed by atoms with van der Waals surface area (Å²) in [4.78, 5) is 8.58. The second-order valence-electron chi connectivity index (χ2n) is 4.09. The van der Waals surface area contributed by atoms with Gasteiger partial charge in [-0.05, 0) is 12.0 Å². The number of hydrogen-bond donors (Lipinski definition) is 0.